The van der Waals surface area contributed by atoms with Gasteiger partial charge in [-0.05, 0) is 36.4 Å². The van der Waals surface area contributed by atoms with Crippen LogP contribution >= 0.6 is 11.6 Å². The van der Waals surface area contributed by atoms with E-state index in [-0.39, 0.29) is 23.2 Å². The van der Waals surface area contributed by atoms with Crippen LogP contribution in [0.5, 0.6) is 5.75 Å². The van der Waals surface area contributed by atoms with Crippen molar-refractivity contribution < 1.29 is 17.7 Å². The summed E-state index contributed by atoms with van der Waals surface area (Å²) in [5.41, 5.74) is 1.78. The average Bonchev–Trinajstić information content (AvgIpc) is 3.34. The van der Waals surface area contributed by atoms with Crippen molar-refractivity contribution in [3.8, 4) is 28.6 Å². The molecule has 2 N–H and O–H groups in total. The first-order valence-corrected chi connectivity index (χ1v) is 10.6. The number of nitrogens with zero attached hydrogens (tertiary/aromatic N) is 4. The van der Waals surface area contributed by atoms with E-state index in [2.05, 4.69) is 15.2 Å². The summed E-state index contributed by atoms with van der Waals surface area (Å²) >= 11 is 5.89. The van der Waals surface area contributed by atoms with E-state index in [1.165, 1.54) is 12.1 Å². The predicted octanol–water partition coefficient (Wildman–Crippen LogP) is 3.02. The fourth-order valence-electron chi connectivity index (χ4n) is 2.76. The minimum absolute atomic E-state index is 0.0372. The molecule has 0 fully saturated rings. The van der Waals surface area contributed by atoms with Crippen LogP contribution in [0.3, 0.4) is 0 Å². The summed E-state index contributed by atoms with van der Waals surface area (Å²) in [6.07, 6.45) is 1.60. The van der Waals surface area contributed by atoms with Gasteiger partial charge in [0.1, 0.15) is 12.4 Å². The van der Waals surface area contributed by atoms with Crippen molar-refractivity contribution in [2.24, 2.45) is 12.2 Å². The molecule has 0 unspecified atom stereocenters. The van der Waals surface area contributed by atoms with E-state index in [0.29, 0.717) is 21.9 Å². The van der Waals surface area contributed by atoms with Gasteiger partial charge in [-0.3, -0.25) is 4.68 Å². The van der Waals surface area contributed by atoms with E-state index in [9.17, 15) is 8.42 Å². The number of primary sulfonamides is 1. The SMILES string of the molecule is Cn1ncc(-c2nc(-c3cccc(S(N)(=O)=O)c3)no2)c1COc1ccc(Cl)cc1. The summed E-state index contributed by atoms with van der Waals surface area (Å²) < 4.78 is 36.0. The van der Waals surface area contributed by atoms with Crippen LogP contribution in [0, 0.1) is 0 Å². The molecule has 4 aromatic rings. The third-order valence-corrected chi connectivity index (χ3v) is 5.49. The standard InChI is InChI=1S/C19H16ClN5O4S/c1-25-17(11-28-14-7-5-13(20)6-8-14)16(10-22-25)19-23-18(24-29-19)12-3-2-4-15(9-12)30(21,26)27/h2-10H,11H2,1H3,(H2,21,26,27). The number of halogens is 1. The number of aromatic nitrogens is 4. The van der Waals surface area contributed by atoms with Gasteiger partial charge < -0.3 is 9.26 Å². The van der Waals surface area contributed by atoms with Crippen LogP contribution in [0.25, 0.3) is 22.8 Å². The van der Waals surface area contributed by atoms with E-state index in [0.717, 1.165) is 5.69 Å². The number of benzene rings is 2. The molecule has 0 bridgehead atoms. The number of hydrogen-bond donors (Lipinski definition) is 1. The van der Waals surface area contributed by atoms with Gasteiger partial charge >= 0.3 is 0 Å². The summed E-state index contributed by atoms with van der Waals surface area (Å²) in [5, 5.41) is 14.0. The highest BCUT2D eigenvalue weighted by Gasteiger charge is 2.19. The quantitative estimate of drug-likeness (QED) is 0.483. The Balaban J connectivity index is 1.61. The third kappa shape index (κ3) is 4.20. The van der Waals surface area contributed by atoms with Crippen LogP contribution in [-0.2, 0) is 23.7 Å². The lowest BCUT2D eigenvalue weighted by atomic mass is 10.2. The van der Waals surface area contributed by atoms with Gasteiger partial charge in [-0.1, -0.05) is 28.9 Å². The van der Waals surface area contributed by atoms with Gasteiger partial charge in [-0.2, -0.15) is 10.1 Å². The van der Waals surface area contributed by atoms with Crippen LogP contribution in [0.4, 0.5) is 0 Å². The summed E-state index contributed by atoms with van der Waals surface area (Å²) in [4.78, 5) is 4.34. The lowest BCUT2D eigenvalue weighted by Gasteiger charge is -2.07. The Labute approximate surface area is 177 Å². The second-order valence-corrected chi connectivity index (χ2v) is 8.36. The molecule has 0 saturated carbocycles. The molecular weight excluding hydrogens is 430 g/mol. The minimum atomic E-state index is -3.84. The number of sulfonamides is 1. The van der Waals surface area contributed by atoms with Crippen molar-refractivity contribution in [2.45, 2.75) is 11.5 Å². The van der Waals surface area contributed by atoms with Gasteiger partial charge in [-0.15, -0.1) is 0 Å². The molecule has 2 aromatic carbocycles. The van der Waals surface area contributed by atoms with Crippen molar-refractivity contribution in [3.63, 3.8) is 0 Å². The van der Waals surface area contributed by atoms with Crippen molar-refractivity contribution in [1.82, 2.24) is 19.9 Å². The molecule has 0 aliphatic carbocycles. The van der Waals surface area contributed by atoms with E-state index >= 15 is 0 Å². The van der Waals surface area contributed by atoms with Gasteiger partial charge in [0.2, 0.25) is 15.8 Å². The number of aryl methyl sites for hydroxylation is 1. The summed E-state index contributed by atoms with van der Waals surface area (Å²) in [7, 11) is -2.07. The number of nitrogens with two attached hydrogens (primary N) is 1. The molecule has 4 rings (SSSR count). The number of rotatable bonds is 6. The molecule has 0 saturated heterocycles. The highest BCUT2D eigenvalue weighted by Crippen LogP contribution is 2.27. The molecule has 0 aliphatic rings. The maximum Gasteiger partial charge on any atom is 0.261 e. The van der Waals surface area contributed by atoms with Gasteiger partial charge in [0.15, 0.2) is 0 Å². The smallest absolute Gasteiger partial charge is 0.261 e. The molecule has 0 aliphatic heterocycles. The lowest BCUT2D eigenvalue weighted by molar-refractivity contribution is 0.295. The second kappa shape index (κ2) is 7.90. The van der Waals surface area contributed by atoms with Gasteiger partial charge in [0.25, 0.3) is 5.89 Å². The highest BCUT2D eigenvalue weighted by molar-refractivity contribution is 7.89. The fraction of sp³-hybridized carbons (Fsp3) is 0.105. The molecule has 0 radical (unpaired) electrons. The third-order valence-electron chi connectivity index (χ3n) is 4.33. The second-order valence-electron chi connectivity index (χ2n) is 6.37. The van der Waals surface area contributed by atoms with Gasteiger partial charge in [0, 0.05) is 17.6 Å². The largest absolute Gasteiger partial charge is 0.487 e. The van der Waals surface area contributed by atoms with Crippen LogP contribution in [0.1, 0.15) is 5.69 Å². The topological polar surface area (TPSA) is 126 Å². The maximum absolute atomic E-state index is 11.6. The first-order chi connectivity index (χ1) is 14.3. The Morgan fingerprint density at radius 1 is 1.20 bits per heavy atom. The normalized spacial score (nSPS) is 11.6. The Hall–Kier alpha value is -3.21. The molecule has 30 heavy (non-hydrogen) atoms. The van der Waals surface area contributed by atoms with Crippen molar-refractivity contribution in [3.05, 3.63) is 65.4 Å². The molecule has 154 valence electrons. The Kier molecular flexibility index (Phi) is 5.29. The Morgan fingerprint density at radius 3 is 2.70 bits per heavy atom. The molecule has 2 heterocycles. The molecule has 11 heteroatoms. The van der Waals surface area contributed by atoms with Crippen molar-refractivity contribution in [1.29, 1.82) is 0 Å². The van der Waals surface area contributed by atoms with Crippen LogP contribution < -0.4 is 9.88 Å². The Bertz CT molecular complexity index is 1300. The van der Waals surface area contributed by atoms with E-state index in [1.807, 2.05) is 0 Å². The van der Waals surface area contributed by atoms with Gasteiger partial charge in [0.05, 0.1) is 22.3 Å². The zero-order valence-electron chi connectivity index (χ0n) is 15.7. The fourth-order valence-corrected chi connectivity index (χ4v) is 3.44. The summed E-state index contributed by atoms with van der Waals surface area (Å²) in [5.74, 6) is 1.11. The van der Waals surface area contributed by atoms with Crippen LogP contribution in [0.2, 0.25) is 5.02 Å². The van der Waals surface area contributed by atoms with E-state index in [1.54, 1.807) is 54.3 Å². The van der Waals surface area contributed by atoms with Crippen molar-refractivity contribution in [2.75, 3.05) is 0 Å². The van der Waals surface area contributed by atoms with E-state index in [4.69, 9.17) is 26.0 Å². The first kappa shape index (κ1) is 20.1. The average molecular weight is 446 g/mol. The van der Waals surface area contributed by atoms with Gasteiger partial charge in [-0.25, -0.2) is 13.6 Å². The first-order valence-electron chi connectivity index (χ1n) is 8.68. The maximum atomic E-state index is 11.6. The summed E-state index contributed by atoms with van der Waals surface area (Å²) in [6, 6.07) is 13.0. The molecular formula is C19H16ClN5O4S. The highest BCUT2D eigenvalue weighted by atomic mass is 35.5. The molecule has 9 nitrogen and oxygen atoms in total. The van der Waals surface area contributed by atoms with E-state index < -0.39 is 10.0 Å². The van der Waals surface area contributed by atoms with Crippen LogP contribution in [-0.4, -0.2) is 28.3 Å². The summed E-state index contributed by atoms with van der Waals surface area (Å²) in [6.45, 7) is 0.214. The molecule has 0 amide bonds. The molecule has 0 spiro atoms. The zero-order valence-corrected chi connectivity index (χ0v) is 17.3. The minimum Gasteiger partial charge on any atom is -0.487 e. The van der Waals surface area contributed by atoms with Crippen LogP contribution in [0.15, 0.2) is 64.1 Å². The number of hydrogen-bond acceptors (Lipinski definition) is 7. The monoisotopic (exact) mass is 445 g/mol. The molecule has 0 atom stereocenters. The predicted molar refractivity (Wildman–Crippen MR) is 109 cm³/mol. The lowest BCUT2D eigenvalue weighted by Crippen LogP contribution is -2.11. The zero-order chi connectivity index (χ0) is 21.3. The molecule has 2 aromatic heterocycles. The Morgan fingerprint density at radius 2 is 1.97 bits per heavy atom. The number of ether oxygens (including phenoxy) is 1. The van der Waals surface area contributed by atoms with Crippen molar-refractivity contribution >= 4 is 21.6 Å².